The van der Waals surface area contributed by atoms with E-state index in [-0.39, 0.29) is 36.0 Å². The van der Waals surface area contributed by atoms with Crippen molar-refractivity contribution in [1.82, 2.24) is 10.6 Å². The summed E-state index contributed by atoms with van der Waals surface area (Å²) in [7, 11) is 0. The second kappa shape index (κ2) is 6.96. The molecule has 24 heavy (non-hydrogen) atoms. The number of fused-ring (bicyclic) bond motifs is 1. The Bertz CT molecular complexity index is 646. The van der Waals surface area contributed by atoms with E-state index in [9.17, 15) is 19.7 Å². The first-order valence-electron chi connectivity index (χ1n) is 8.13. The molecule has 0 bridgehead atoms. The number of hydrogen-bond acceptors (Lipinski definition) is 5. The van der Waals surface area contributed by atoms with Crippen LogP contribution in [0.3, 0.4) is 0 Å². The summed E-state index contributed by atoms with van der Waals surface area (Å²) in [6.07, 6.45) is 4.27. The number of amides is 2. The van der Waals surface area contributed by atoms with Gasteiger partial charge in [-0.2, -0.15) is 0 Å². The molecule has 2 aliphatic rings. The van der Waals surface area contributed by atoms with Crippen LogP contribution < -0.4 is 16.0 Å². The Kier molecular flexibility index (Phi) is 4.75. The van der Waals surface area contributed by atoms with Crippen LogP contribution in [0.15, 0.2) is 24.3 Å². The van der Waals surface area contributed by atoms with Gasteiger partial charge in [-0.15, -0.1) is 0 Å². The molecular formula is C16H20N4O4. The summed E-state index contributed by atoms with van der Waals surface area (Å²) >= 11 is 0. The lowest BCUT2D eigenvalue weighted by atomic mass is 9.87. The van der Waals surface area contributed by atoms with Crippen LogP contribution in [0.1, 0.15) is 32.1 Å². The first-order valence-corrected chi connectivity index (χ1v) is 8.13. The first-order chi connectivity index (χ1) is 11.5. The predicted octanol–water partition coefficient (Wildman–Crippen LogP) is 1.32. The minimum atomic E-state index is -0.539. The van der Waals surface area contributed by atoms with E-state index >= 15 is 0 Å². The van der Waals surface area contributed by atoms with Crippen LogP contribution in [0.2, 0.25) is 0 Å². The summed E-state index contributed by atoms with van der Waals surface area (Å²) in [5.41, 5.74) is 0.432. The number of hydrogen-bond donors (Lipinski definition) is 3. The van der Waals surface area contributed by atoms with E-state index in [1.807, 2.05) is 0 Å². The van der Waals surface area contributed by atoms with Crippen LogP contribution in [0.25, 0.3) is 0 Å². The minimum absolute atomic E-state index is 0.0338. The predicted molar refractivity (Wildman–Crippen MR) is 87.5 cm³/mol. The Morgan fingerprint density at radius 1 is 1.21 bits per heavy atom. The van der Waals surface area contributed by atoms with Gasteiger partial charge in [0.15, 0.2) is 0 Å². The molecule has 1 aliphatic carbocycles. The van der Waals surface area contributed by atoms with E-state index in [0.29, 0.717) is 5.69 Å². The van der Waals surface area contributed by atoms with Crippen LogP contribution in [-0.4, -0.2) is 34.9 Å². The molecule has 3 atom stereocenters. The van der Waals surface area contributed by atoms with Crippen molar-refractivity contribution in [2.45, 2.75) is 50.2 Å². The third-order valence-corrected chi connectivity index (χ3v) is 4.58. The van der Waals surface area contributed by atoms with Gasteiger partial charge >= 0.3 is 0 Å². The van der Waals surface area contributed by atoms with Crippen LogP contribution >= 0.6 is 0 Å². The number of rotatable bonds is 4. The van der Waals surface area contributed by atoms with E-state index in [1.165, 1.54) is 24.3 Å². The third-order valence-electron chi connectivity index (χ3n) is 4.58. The smallest absolute Gasteiger partial charge is 0.269 e. The highest BCUT2D eigenvalue weighted by Gasteiger charge is 2.36. The maximum absolute atomic E-state index is 12.1. The van der Waals surface area contributed by atoms with E-state index < -0.39 is 11.0 Å². The Morgan fingerprint density at radius 3 is 2.54 bits per heavy atom. The molecule has 3 rings (SSSR count). The van der Waals surface area contributed by atoms with Crippen molar-refractivity contribution in [3.05, 3.63) is 34.4 Å². The second-order valence-electron chi connectivity index (χ2n) is 6.28. The van der Waals surface area contributed by atoms with Crippen molar-refractivity contribution in [2.75, 3.05) is 5.32 Å². The fraction of sp³-hybridized carbons (Fsp3) is 0.500. The van der Waals surface area contributed by atoms with Crippen molar-refractivity contribution in [1.29, 1.82) is 0 Å². The van der Waals surface area contributed by atoms with Crippen molar-refractivity contribution in [3.8, 4) is 0 Å². The third kappa shape index (κ3) is 3.70. The molecule has 0 radical (unpaired) electrons. The Labute approximate surface area is 139 Å². The maximum Gasteiger partial charge on any atom is 0.269 e. The number of nitrogens with one attached hydrogen (secondary N) is 3. The quantitative estimate of drug-likeness (QED) is 0.568. The molecule has 8 nitrogen and oxygen atoms in total. The van der Waals surface area contributed by atoms with Gasteiger partial charge in [0, 0.05) is 29.9 Å². The zero-order chi connectivity index (χ0) is 17.1. The normalized spacial score (nSPS) is 26.2. The van der Waals surface area contributed by atoms with Gasteiger partial charge in [0.05, 0.1) is 17.4 Å². The average Bonchev–Trinajstić information content (AvgIpc) is 2.56. The molecule has 128 valence electrons. The lowest BCUT2D eigenvalue weighted by molar-refractivity contribution is -0.384. The van der Waals surface area contributed by atoms with Crippen molar-refractivity contribution >= 4 is 23.2 Å². The number of carbonyl (C=O) groups is 2. The molecule has 2 amide bonds. The average molecular weight is 332 g/mol. The van der Waals surface area contributed by atoms with Crippen LogP contribution in [-0.2, 0) is 9.59 Å². The molecule has 2 fully saturated rings. The number of nitrogens with zero attached hydrogens (tertiary/aromatic N) is 1. The fourth-order valence-electron chi connectivity index (χ4n) is 3.34. The topological polar surface area (TPSA) is 113 Å². The number of benzene rings is 1. The summed E-state index contributed by atoms with van der Waals surface area (Å²) in [5.74, 6) is -0.442. The van der Waals surface area contributed by atoms with Gasteiger partial charge in [-0.25, -0.2) is 0 Å². The zero-order valence-corrected chi connectivity index (χ0v) is 13.2. The largest absolute Gasteiger partial charge is 0.350 e. The second-order valence-corrected chi connectivity index (χ2v) is 6.28. The lowest BCUT2D eigenvalue weighted by Gasteiger charge is -2.40. The lowest BCUT2D eigenvalue weighted by Crippen LogP contribution is -2.65. The number of anilines is 1. The molecule has 1 saturated carbocycles. The number of nitro groups is 1. The van der Waals surface area contributed by atoms with E-state index in [2.05, 4.69) is 16.0 Å². The molecule has 1 saturated heterocycles. The van der Waals surface area contributed by atoms with E-state index in [4.69, 9.17) is 0 Å². The highest BCUT2D eigenvalue weighted by atomic mass is 16.6. The summed E-state index contributed by atoms with van der Waals surface area (Å²) < 4.78 is 0. The monoisotopic (exact) mass is 332 g/mol. The fourth-order valence-corrected chi connectivity index (χ4v) is 3.34. The summed E-state index contributed by atoms with van der Waals surface area (Å²) in [6, 6.07) is 5.46. The molecule has 1 aromatic rings. The SMILES string of the molecule is O=C(C[C@@H]1N[C@H]2CCCC[C@@H]2NC1=O)Nc1ccc([N+](=O)[O-])cc1. The van der Waals surface area contributed by atoms with Gasteiger partial charge in [0.2, 0.25) is 11.8 Å². The van der Waals surface area contributed by atoms with Gasteiger partial charge in [0.1, 0.15) is 0 Å². The molecule has 0 spiro atoms. The molecule has 8 heteroatoms. The van der Waals surface area contributed by atoms with Crippen molar-refractivity contribution in [2.24, 2.45) is 0 Å². The van der Waals surface area contributed by atoms with Crippen LogP contribution in [0.5, 0.6) is 0 Å². The van der Waals surface area contributed by atoms with Crippen molar-refractivity contribution in [3.63, 3.8) is 0 Å². The van der Waals surface area contributed by atoms with Gasteiger partial charge in [0.25, 0.3) is 5.69 Å². The highest BCUT2D eigenvalue weighted by molar-refractivity contribution is 5.95. The number of piperazine rings is 1. The molecule has 0 unspecified atom stereocenters. The van der Waals surface area contributed by atoms with Crippen LogP contribution in [0.4, 0.5) is 11.4 Å². The van der Waals surface area contributed by atoms with E-state index in [0.717, 1.165) is 25.7 Å². The molecular weight excluding hydrogens is 312 g/mol. The Hall–Kier alpha value is -2.48. The molecule has 0 aromatic heterocycles. The minimum Gasteiger partial charge on any atom is -0.350 e. The molecule has 1 heterocycles. The van der Waals surface area contributed by atoms with Gasteiger partial charge < -0.3 is 16.0 Å². The first kappa shape index (κ1) is 16.4. The molecule has 1 aliphatic heterocycles. The summed E-state index contributed by atoms with van der Waals surface area (Å²) in [6.45, 7) is 0. The number of carbonyl (C=O) groups excluding carboxylic acids is 2. The Morgan fingerprint density at radius 2 is 1.88 bits per heavy atom. The number of nitro benzene ring substituents is 1. The maximum atomic E-state index is 12.1. The van der Waals surface area contributed by atoms with E-state index in [1.54, 1.807) is 0 Å². The molecule has 1 aromatic carbocycles. The van der Waals surface area contributed by atoms with Gasteiger partial charge in [-0.1, -0.05) is 12.8 Å². The van der Waals surface area contributed by atoms with Crippen LogP contribution in [0, 0.1) is 10.1 Å². The molecule has 3 N–H and O–H groups in total. The van der Waals surface area contributed by atoms with Crippen molar-refractivity contribution < 1.29 is 14.5 Å². The standard InChI is InChI=1S/C16H20N4O4/c21-15(17-10-5-7-11(8-6-10)20(23)24)9-14-16(22)19-13-4-2-1-3-12(13)18-14/h5-8,12-14,18H,1-4,9H2,(H,17,21)(H,19,22)/t12-,13-,14-/m0/s1. The van der Waals surface area contributed by atoms with Gasteiger partial charge in [-0.3, -0.25) is 19.7 Å². The summed E-state index contributed by atoms with van der Waals surface area (Å²) in [4.78, 5) is 34.4. The zero-order valence-electron chi connectivity index (χ0n) is 13.2. The highest BCUT2D eigenvalue weighted by Crippen LogP contribution is 2.22. The number of non-ortho nitro benzene ring substituents is 1. The Balaban J connectivity index is 1.56. The summed E-state index contributed by atoms with van der Waals surface area (Å²) in [5, 5.41) is 19.6. The van der Waals surface area contributed by atoms with Gasteiger partial charge in [-0.05, 0) is 25.0 Å².